The number of hydrogen-bond donors (Lipinski definition) is 6. The number of aryl methyl sites for hydroxylation is 1. The minimum absolute atomic E-state index is 0.00156. The van der Waals surface area contributed by atoms with Crippen LogP contribution >= 0.6 is 7.75 Å². The number of carbonyl (C=O) groups excluding carboxylic acids is 2. The average molecular weight is 755 g/mol. The zero-order valence-corrected chi connectivity index (χ0v) is 32.2. The van der Waals surface area contributed by atoms with Crippen LogP contribution in [0.5, 0.6) is 0 Å². The van der Waals surface area contributed by atoms with Crippen LogP contribution in [0.3, 0.4) is 0 Å². The van der Waals surface area contributed by atoms with Gasteiger partial charge in [0, 0.05) is 6.20 Å². The van der Waals surface area contributed by atoms with Crippen LogP contribution in [0.2, 0.25) is 0 Å². The number of nitrogens with two attached hydrogens (primary N) is 2. The van der Waals surface area contributed by atoms with Crippen LogP contribution in [-0.2, 0) is 23.4 Å². The molecular weight excluding hydrogens is 691 g/mol. The molecule has 1 unspecified atom stereocenters. The maximum Gasteiger partial charge on any atom is 0.403 e. The Hall–Kier alpha value is -2.65. The fourth-order valence-electron chi connectivity index (χ4n) is 6.58. The topological polar surface area (TPSA) is 234 Å². The van der Waals surface area contributed by atoms with E-state index >= 15 is 0 Å². The molecule has 296 valence electrons. The van der Waals surface area contributed by atoms with Crippen LogP contribution in [0.1, 0.15) is 152 Å². The molecule has 52 heavy (non-hydrogen) atoms. The van der Waals surface area contributed by atoms with Gasteiger partial charge in [0.1, 0.15) is 41.6 Å². The number of aliphatic hydroxyl groups excluding tert-OH is 2. The summed E-state index contributed by atoms with van der Waals surface area (Å²) < 4.78 is 30.2. The molecule has 1 fully saturated rings. The first kappa shape index (κ1) is 43.8. The van der Waals surface area contributed by atoms with Gasteiger partial charge in [-0.1, -0.05) is 116 Å². The van der Waals surface area contributed by atoms with Crippen molar-refractivity contribution >= 4 is 36.5 Å². The third-order valence-corrected chi connectivity index (χ3v) is 10.8. The molecule has 16 heteroatoms. The Kier molecular flexibility index (Phi) is 19.0. The Morgan fingerprint density at radius 3 is 1.96 bits per heavy atom. The Balaban J connectivity index is 1.27. The number of anilines is 1. The number of ether oxygens (including phenoxy) is 2. The largest absolute Gasteiger partial charge is 0.465 e. The van der Waals surface area contributed by atoms with Gasteiger partial charge in [-0.05, 0) is 20.3 Å². The Bertz CT molecular complexity index is 1440. The van der Waals surface area contributed by atoms with Crippen LogP contribution in [0.25, 0.3) is 11.0 Å². The number of esters is 1. The molecule has 3 heterocycles. The first-order chi connectivity index (χ1) is 24.9. The van der Waals surface area contributed by atoms with E-state index in [1.807, 2.05) is 0 Å². The molecule has 2 aromatic heterocycles. The van der Waals surface area contributed by atoms with Crippen molar-refractivity contribution in [1.29, 1.82) is 0 Å². The van der Waals surface area contributed by atoms with Crippen molar-refractivity contribution in [2.45, 2.75) is 167 Å². The molecule has 6 atom stereocenters. The van der Waals surface area contributed by atoms with Crippen LogP contribution in [0.15, 0.2) is 6.20 Å². The fraction of sp³-hybridized carbons (Fsp3) is 0.778. The zero-order chi connectivity index (χ0) is 38.1. The van der Waals surface area contributed by atoms with Gasteiger partial charge in [0.25, 0.3) is 5.91 Å². The lowest BCUT2D eigenvalue weighted by Crippen LogP contribution is -2.36. The van der Waals surface area contributed by atoms with Gasteiger partial charge < -0.3 is 40.6 Å². The standard InChI is InChI=1S/C36H63N6O9P/c1-4-5-6-7-8-9-10-11-12-13-14-15-16-17-18-19-20-21-22-49-36(46)25(2)41-52(47,48)50-24-28-30(43)31(44)35(51-28)42-23-27(33(38)45)29-32(37)39-26(3)40-34(29)42/h23,25,28,30-31,35,43-44H,4-22,24H2,1-3H3,(H2,38,45)(H2,37,39,40)(H2,41,47,48)/t25-,28+,30+,31+,35+/m0/s1. The van der Waals surface area contributed by atoms with Crippen LogP contribution in [-0.4, -0.2) is 79.1 Å². The number of hydrogen-bond acceptors (Lipinski definition) is 11. The van der Waals surface area contributed by atoms with Crippen LogP contribution in [0, 0.1) is 6.92 Å². The molecule has 0 spiro atoms. The van der Waals surface area contributed by atoms with Gasteiger partial charge in [0.15, 0.2) is 6.23 Å². The molecule has 15 nitrogen and oxygen atoms in total. The van der Waals surface area contributed by atoms with E-state index in [9.17, 15) is 29.3 Å². The van der Waals surface area contributed by atoms with Gasteiger partial charge >= 0.3 is 13.7 Å². The van der Waals surface area contributed by atoms with E-state index in [1.54, 1.807) is 6.92 Å². The van der Waals surface area contributed by atoms with Gasteiger partial charge in [-0.15, -0.1) is 0 Å². The average Bonchev–Trinajstić information content (AvgIpc) is 3.61. The normalized spacial score (nSPS) is 20.7. The Morgan fingerprint density at radius 2 is 1.44 bits per heavy atom. The number of unbranched alkanes of at least 4 members (excludes halogenated alkanes) is 17. The highest BCUT2D eigenvalue weighted by molar-refractivity contribution is 7.50. The third-order valence-electron chi connectivity index (χ3n) is 9.55. The maximum absolute atomic E-state index is 12.7. The number of fused-ring (bicyclic) bond motifs is 1. The fourth-order valence-corrected chi connectivity index (χ4v) is 7.60. The molecule has 3 rings (SSSR count). The molecule has 0 saturated carbocycles. The number of nitrogen functional groups attached to an aromatic ring is 1. The van der Waals surface area contributed by atoms with Crippen molar-refractivity contribution in [2.24, 2.45) is 5.73 Å². The highest BCUT2D eigenvalue weighted by atomic mass is 31.2. The summed E-state index contributed by atoms with van der Waals surface area (Å²) in [6.07, 6.45) is 18.4. The second kappa shape index (κ2) is 22.5. The quantitative estimate of drug-likeness (QED) is 0.0364. The van der Waals surface area contributed by atoms with E-state index in [2.05, 4.69) is 22.0 Å². The number of amides is 1. The lowest BCUT2D eigenvalue weighted by Gasteiger charge is -2.20. The highest BCUT2D eigenvalue weighted by Crippen LogP contribution is 2.40. The molecule has 0 radical (unpaired) electrons. The summed E-state index contributed by atoms with van der Waals surface area (Å²) in [6.45, 7) is 4.82. The summed E-state index contributed by atoms with van der Waals surface area (Å²) in [5.74, 6) is -1.23. The van der Waals surface area contributed by atoms with Crippen molar-refractivity contribution in [2.75, 3.05) is 18.9 Å². The van der Waals surface area contributed by atoms with E-state index in [1.165, 1.54) is 108 Å². The van der Waals surface area contributed by atoms with Crippen molar-refractivity contribution in [1.82, 2.24) is 19.6 Å². The number of carbonyl (C=O) groups is 2. The lowest BCUT2D eigenvalue weighted by molar-refractivity contribution is -0.145. The van der Waals surface area contributed by atoms with E-state index in [0.29, 0.717) is 6.42 Å². The minimum Gasteiger partial charge on any atom is -0.465 e. The number of aromatic nitrogens is 3. The van der Waals surface area contributed by atoms with Gasteiger partial charge in [-0.2, -0.15) is 0 Å². The van der Waals surface area contributed by atoms with Crippen molar-refractivity contribution < 1.29 is 43.3 Å². The van der Waals surface area contributed by atoms with Crippen molar-refractivity contribution in [3.8, 4) is 0 Å². The lowest BCUT2D eigenvalue weighted by atomic mass is 10.0. The van der Waals surface area contributed by atoms with Crippen LogP contribution in [0.4, 0.5) is 5.82 Å². The predicted molar refractivity (Wildman–Crippen MR) is 199 cm³/mol. The monoisotopic (exact) mass is 754 g/mol. The Labute approximate surface area is 308 Å². The predicted octanol–water partition coefficient (Wildman–Crippen LogP) is 5.72. The minimum atomic E-state index is -4.56. The van der Waals surface area contributed by atoms with Gasteiger partial charge in [0.2, 0.25) is 0 Å². The summed E-state index contributed by atoms with van der Waals surface area (Å²) >= 11 is 0. The molecule has 1 amide bonds. The number of nitrogens with one attached hydrogen (secondary N) is 1. The Morgan fingerprint density at radius 1 is 0.923 bits per heavy atom. The molecule has 0 bridgehead atoms. The number of primary amides is 1. The highest BCUT2D eigenvalue weighted by Gasteiger charge is 2.45. The zero-order valence-electron chi connectivity index (χ0n) is 31.3. The SMILES string of the molecule is CCCCCCCCCCCCCCCCCCCCOC(=O)[C@H](C)NP(=O)(O)OC[C@H]1O[C@@H](n2cc(C(N)=O)c3c(N)nc(C)nc32)[C@H](O)[C@@H]1O. The third kappa shape index (κ3) is 14.0. The molecular formula is C36H63N6O9P. The maximum atomic E-state index is 12.7. The first-order valence-electron chi connectivity index (χ1n) is 19.2. The van der Waals surface area contributed by atoms with E-state index in [4.69, 9.17) is 25.5 Å². The van der Waals surface area contributed by atoms with E-state index in [-0.39, 0.29) is 34.8 Å². The summed E-state index contributed by atoms with van der Waals surface area (Å²) in [6, 6.07) is -1.15. The summed E-state index contributed by atoms with van der Waals surface area (Å²) in [5.41, 5.74) is 11.6. The molecule has 0 aliphatic carbocycles. The molecule has 1 saturated heterocycles. The van der Waals surface area contributed by atoms with E-state index in [0.717, 1.165) is 19.3 Å². The summed E-state index contributed by atoms with van der Waals surface area (Å²) in [4.78, 5) is 43.2. The van der Waals surface area contributed by atoms with Gasteiger partial charge in [-0.3, -0.25) is 14.1 Å². The second-order valence-corrected chi connectivity index (χ2v) is 15.6. The van der Waals surface area contributed by atoms with E-state index < -0.39 is 56.8 Å². The molecule has 8 N–H and O–H groups in total. The molecule has 1 aliphatic heterocycles. The number of nitrogens with zero attached hydrogens (tertiary/aromatic N) is 3. The van der Waals surface area contributed by atoms with Crippen LogP contribution < -0.4 is 16.6 Å². The number of rotatable bonds is 27. The smallest absolute Gasteiger partial charge is 0.403 e. The van der Waals surface area contributed by atoms with Gasteiger partial charge in [-0.25, -0.2) is 19.6 Å². The van der Waals surface area contributed by atoms with Crippen molar-refractivity contribution in [3.05, 3.63) is 17.6 Å². The summed E-state index contributed by atoms with van der Waals surface area (Å²) in [5, 5.41) is 23.8. The molecule has 2 aromatic rings. The molecule has 0 aromatic carbocycles. The van der Waals surface area contributed by atoms with Gasteiger partial charge in [0.05, 0.1) is 24.2 Å². The van der Waals surface area contributed by atoms with Crippen molar-refractivity contribution in [3.63, 3.8) is 0 Å². The second-order valence-electron chi connectivity index (χ2n) is 14.1. The first-order valence-corrected chi connectivity index (χ1v) is 20.8. The molecule has 1 aliphatic rings. The number of aliphatic hydroxyl groups is 2. The summed E-state index contributed by atoms with van der Waals surface area (Å²) in [7, 11) is -4.56.